The van der Waals surface area contributed by atoms with Crippen molar-refractivity contribution in [1.82, 2.24) is 0 Å². The Balaban J connectivity index is 1.53. The highest BCUT2D eigenvalue weighted by molar-refractivity contribution is 5.74. The quantitative estimate of drug-likeness (QED) is 0.481. The molecule has 0 aromatic heterocycles. The van der Waals surface area contributed by atoms with E-state index in [1.165, 1.54) is 12.1 Å². The molecule has 3 rings (SSSR count). The normalized spacial score (nSPS) is 17.2. The molecule has 174 valence electrons. The van der Waals surface area contributed by atoms with Gasteiger partial charge >= 0.3 is 5.97 Å². The average molecular weight is 445 g/mol. The standard InChI is InChI=1S/C25H33FN2O4/c1-4-21(24(25(29)30)31-5-2)18-7-10-20(11-8-18)27-13-6-14-28-16-17(3)32-23-15-19(26)9-12-22(23)28/h7-12,15,17,21,24,27H,4-6,13-14,16H2,1-3H3,(H,29,30). The fourth-order valence-corrected chi connectivity index (χ4v) is 4.23. The van der Waals surface area contributed by atoms with Crippen LogP contribution in [-0.4, -0.2) is 49.5 Å². The fourth-order valence-electron chi connectivity index (χ4n) is 4.23. The second-order valence-electron chi connectivity index (χ2n) is 8.12. The Morgan fingerprint density at radius 2 is 2.03 bits per heavy atom. The van der Waals surface area contributed by atoms with E-state index < -0.39 is 12.1 Å². The molecule has 1 heterocycles. The predicted molar refractivity (Wildman–Crippen MR) is 124 cm³/mol. The number of hydrogen-bond donors (Lipinski definition) is 2. The van der Waals surface area contributed by atoms with Crippen LogP contribution in [0.2, 0.25) is 0 Å². The van der Waals surface area contributed by atoms with Gasteiger partial charge in [0.1, 0.15) is 17.7 Å². The summed E-state index contributed by atoms with van der Waals surface area (Å²) in [6.07, 6.45) is 0.778. The van der Waals surface area contributed by atoms with Crippen LogP contribution in [0.1, 0.15) is 45.1 Å². The Hall–Kier alpha value is -2.80. The summed E-state index contributed by atoms with van der Waals surface area (Å²) in [5.74, 6) is -0.800. The van der Waals surface area contributed by atoms with Gasteiger partial charge < -0.3 is 24.8 Å². The lowest BCUT2D eigenvalue weighted by molar-refractivity contribution is -0.151. The first-order valence-electron chi connectivity index (χ1n) is 11.3. The Kier molecular flexibility index (Phi) is 8.33. The van der Waals surface area contributed by atoms with Crippen molar-refractivity contribution >= 4 is 17.3 Å². The van der Waals surface area contributed by atoms with E-state index in [0.29, 0.717) is 18.8 Å². The molecule has 2 aromatic carbocycles. The van der Waals surface area contributed by atoms with Gasteiger partial charge in [-0.05, 0) is 56.5 Å². The summed E-state index contributed by atoms with van der Waals surface area (Å²) in [6, 6.07) is 12.6. The minimum Gasteiger partial charge on any atom is -0.487 e. The first kappa shape index (κ1) is 23.9. The van der Waals surface area contributed by atoms with Gasteiger partial charge in [-0.1, -0.05) is 19.1 Å². The van der Waals surface area contributed by atoms with E-state index in [1.807, 2.05) is 45.0 Å². The van der Waals surface area contributed by atoms with E-state index in [2.05, 4.69) is 10.2 Å². The van der Waals surface area contributed by atoms with Crippen LogP contribution in [0.25, 0.3) is 0 Å². The molecule has 0 amide bonds. The van der Waals surface area contributed by atoms with Gasteiger partial charge in [-0.25, -0.2) is 9.18 Å². The van der Waals surface area contributed by atoms with Crippen molar-refractivity contribution in [2.45, 2.75) is 51.7 Å². The van der Waals surface area contributed by atoms with Gasteiger partial charge in [-0.15, -0.1) is 0 Å². The Morgan fingerprint density at radius 1 is 1.28 bits per heavy atom. The van der Waals surface area contributed by atoms with Crippen molar-refractivity contribution in [3.05, 3.63) is 53.8 Å². The minimum absolute atomic E-state index is 0.0163. The molecular formula is C25H33FN2O4. The van der Waals surface area contributed by atoms with E-state index in [4.69, 9.17) is 9.47 Å². The molecule has 32 heavy (non-hydrogen) atoms. The summed E-state index contributed by atoms with van der Waals surface area (Å²) >= 11 is 0. The number of carbonyl (C=O) groups is 1. The highest BCUT2D eigenvalue weighted by Gasteiger charge is 2.28. The zero-order chi connectivity index (χ0) is 23.1. The number of hydrogen-bond acceptors (Lipinski definition) is 5. The van der Waals surface area contributed by atoms with Crippen molar-refractivity contribution in [3.8, 4) is 5.75 Å². The number of carboxylic acids is 1. The second-order valence-corrected chi connectivity index (χ2v) is 8.12. The number of carboxylic acid groups (broad SMARTS) is 1. The number of anilines is 2. The van der Waals surface area contributed by atoms with Crippen LogP contribution < -0.4 is 15.0 Å². The Labute approximate surface area is 189 Å². The molecule has 0 aliphatic carbocycles. The minimum atomic E-state index is -0.928. The third-order valence-electron chi connectivity index (χ3n) is 5.74. The predicted octanol–water partition coefficient (Wildman–Crippen LogP) is 4.90. The molecule has 0 fully saturated rings. The number of halogens is 1. The molecule has 1 aliphatic rings. The molecule has 7 heteroatoms. The SMILES string of the molecule is CCOC(C(=O)O)C(CC)c1ccc(NCCCN2CC(C)Oc3cc(F)ccc32)cc1. The largest absolute Gasteiger partial charge is 0.487 e. The third kappa shape index (κ3) is 5.91. The molecule has 0 bridgehead atoms. The van der Waals surface area contributed by atoms with Gasteiger partial charge in [0.2, 0.25) is 0 Å². The van der Waals surface area contributed by atoms with Crippen LogP contribution in [0.5, 0.6) is 5.75 Å². The number of benzene rings is 2. The molecule has 3 atom stereocenters. The van der Waals surface area contributed by atoms with Crippen molar-refractivity contribution in [1.29, 1.82) is 0 Å². The summed E-state index contributed by atoms with van der Waals surface area (Å²) in [4.78, 5) is 13.8. The van der Waals surface area contributed by atoms with Crippen molar-refractivity contribution < 1.29 is 23.8 Å². The molecule has 0 spiro atoms. The Bertz CT molecular complexity index is 890. The number of nitrogens with one attached hydrogen (secondary N) is 1. The zero-order valence-corrected chi connectivity index (χ0v) is 19.0. The highest BCUT2D eigenvalue weighted by atomic mass is 19.1. The van der Waals surface area contributed by atoms with Gasteiger partial charge in [-0.3, -0.25) is 0 Å². The molecule has 2 N–H and O–H groups in total. The smallest absolute Gasteiger partial charge is 0.333 e. The second kappa shape index (κ2) is 11.2. The van der Waals surface area contributed by atoms with Crippen LogP contribution >= 0.6 is 0 Å². The molecule has 2 aromatic rings. The van der Waals surface area contributed by atoms with Gasteiger partial charge in [0.15, 0.2) is 6.10 Å². The lowest BCUT2D eigenvalue weighted by Gasteiger charge is -2.35. The first-order chi connectivity index (χ1) is 15.4. The maximum Gasteiger partial charge on any atom is 0.333 e. The number of fused-ring (bicyclic) bond motifs is 1. The molecule has 1 aliphatic heterocycles. The lowest BCUT2D eigenvalue weighted by Crippen LogP contribution is -2.39. The highest BCUT2D eigenvalue weighted by Crippen LogP contribution is 2.34. The van der Waals surface area contributed by atoms with Crippen molar-refractivity contribution in [2.24, 2.45) is 0 Å². The van der Waals surface area contributed by atoms with Gasteiger partial charge in [0.05, 0.1) is 12.2 Å². The van der Waals surface area contributed by atoms with E-state index >= 15 is 0 Å². The van der Waals surface area contributed by atoms with Crippen LogP contribution in [0.3, 0.4) is 0 Å². The number of aliphatic carboxylic acids is 1. The summed E-state index contributed by atoms with van der Waals surface area (Å²) in [5, 5.41) is 12.9. The molecule has 0 saturated carbocycles. The summed E-state index contributed by atoms with van der Waals surface area (Å²) in [7, 11) is 0. The van der Waals surface area contributed by atoms with Crippen LogP contribution in [0.15, 0.2) is 42.5 Å². The van der Waals surface area contributed by atoms with Crippen LogP contribution in [0, 0.1) is 5.82 Å². The van der Waals surface area contributed by atoms with E-state index in [1.54, 1.807) is 6.07 Å². The van der Waals surface area contributed by atoms with E-state index in [0.717, 1.165) is 43.0 Å². The Morgan fingerprint density at radius 3 is 2.69 bits per heavy atom. The van der Waals surface area contributed by atoms with Crippen LogP contribution in [-0.2, 0) is 9.53 Å². The fraction of sp³-hybridized carbons (Fsp3) is 0.480. The van der Waals surface area contributed by atoms with E-state index in [-0.39, 0.29) is 17.8 Å². The molecule has 3 unspecified atom stereocenters. The first-order valence-corrected chi connectivity index (χ1v) is 11.3. The van der Waals surface area contributed by atoms with Crippen molar-refractivity contribution in [2.75, 3.05) is 36.5 Å². The summed E-state index contributed by atoms with van der Waals surface area (Å²) in [5.41, 5.74) is 2.89. The van der Waals surface area contributed by atoms with Gasteiger partial charge in [0.25, 0.3) is 0 Å². The maximum atomic E-state index is 13.5. The third-order valence-corrected chi connectivity index (χ3v) is 5.74. The topological polar surface area (TPSA) is 71.0 Å². The maximum absolute atomic E-state index is 13.5. The molecule has 6 nitrogen and oxygen atoms in total. The van der Waals surface area contributed by atoms with E-state index in [9.17, 15) is 14.3 Å². The average Bonchev–Trinajstić information content (AvgIpc) is 2.76. The van der Waals surface area contributed by atoms with Gasteiger partial charge in [0, 0.05) is 37.4 Å². The van der Waals surface area contributed by atoms with Crippen LogP contribution in [0.4, 0.5) is 15.8 Å². The molecule has 0 saturated heterocycles. The van der Waals surface area contributed by atoms with Gasteiger partial charge in [-0.2, -0.15) is 0 Å². The molecule has 0 radical (unpaired) electrons. The zero-order valence-electron chi connectivity index (χ0n) is 19.0. The summed E-state index contributed by atoms with van der Waals surface area (Å²) < 4.78 is 24.8. The van der Waals surface area contributed by atoms with Crippen molar-refractivity contribution in [3.63, 3.8) is 0 Å². The monoisotopic (exact) mass is 444 g/mol. The molecular weight excluding hydrogens is 411 g/mol. The number of ether oxygens (including phenoxy) is 2. The number of nitrogens with zero attached hydrogens (tertiary/aromatic N) is 1. The number of rotatable bonds is 11. The lowest BCUT2D eigenvalue weighted by atomic mass is 9.90. The summed E-state index contributed by atoms with van der Waals surface area (Å²) in [6.45, 7) is 8.55.